The number of thioether (sulfide) groups is 1. The van der Waals surface area contributed by atoms with Crippen LogP contribution in [0.15, 0.2) is 41.7 Å². The molecule has 1 fully saturated rings. The Kier molecular flexibility index (Phi) is 8.21. The number of carbonyl (C=O) groups is 2. The van der Waals surface area contributed by atoms with Crippen LogP contribution in [0.4, 0.5) is 0 Å². The van der Waals surface area contributed by atoms with Gasteiger partial charge in [-0.1, -0.05) is 11.8 Å². The van der Waals surface area contributed by atoms with Crippen molar-refractivity contribution in [2.24, 2.45) is 5.92 Å². The zero-order chi connectivity index (χ0) is 21.3. The molecule has 1 aromatic carbocycles. The van der Waals surface area contributed by atoms with Gasteiger partial charge in [0.1, 0.15) is 5.75 Å². The van der Waals surface area contributed by atoms with E-state index < -0.39 is 0 Å². The second kappa shape index (κ2) is 11.1. The predicted molar refractivity (Wildman–Crippen MR) is 116 cm³/mol. The molecule has 160 valence electrons. The molecular weight excluding hydrogens is 400 g/mol. The summed E-state index contributed by atoms with van der Waals surface area (Å²) in [6.07, 6.45) is 4.80. The number of nitrogens with zero attached hydrogens (tertiary/aromatic N) is 3. The number of nitrogens with one attached hydrogen (secondary N) is 1. The van der Waals surface area contributed by atoms with E-state index in [9.17, 15) is 9.59 Å². The maximum atomic E-state index is 12.2. The van der Waals surface area contributed by atoms with E-state index in [1.165, 1.54) is 11.8 Å². The van der Waals surface area contributed by atoms with E-state index >= 15 is 0 Å². The molecular formula is C22H28N4O3S. The Morgan fingerprint density at radius 1 is 1.27 bits per heavy atom. The minimum absolute atomic E-state index is 0.0249. The quantitative estimate of drug-likeness (QED) is 0.269. The van der Waals surface area contributed by atoms with Gasteiger partial charge >= 0.3 is 0 Å². The van der Waals surface area contributed by atoms with Crippen molar-refractivity contribution in [1.29, 1.82) is 0 Å². The van der Waals surface area contributed by atoms with Crippen LogP contribution >= 0.6 is 11.8 Å². The lowest BCUT2D eigenvalue weighted by Gasteiger charge is -2.17. The molecule has 0 radical (unpaired) electrons. The van der Waals surface area contributed by atoms with Gasteiger partial charge in [-0.05, 0) is 69.4 Å². The SMILES string of the molecule is CC(=O)c1ccc(OCCC[C@@H]2CCN(NC(=O)CSc3nccc(C)n3)C2)cc1. The second-order valence-electron chi connectivity index (χ2n) is 7.48. The summed E-state index contributed by atoms with van der Waals surface area (Å²) in [5.74, 6) is 1.68. The number of Topliss-reactive ketones (excluding diaryl/α,β-unsaturated/α-hetero) is 1. The number of amides is 1. The van der Waals surface area contributed by atoms with Gasteiger partial charge in [-0.25, -0.2) is 15.0 Å². The average molecular weight is 429 g/mol. The maximum absolute atomic E-state index is 12.2. The maximum Gasteiger partial charge on any atom is 0.244 e. The Hall–Kier alpha value is -2.45. The number of hydrogen-bond donors (Lipinski definition) is 1. The number of hydrogen-bond acceptors (Lipinski definition) is 7. The van der Waals surface area contributed by atoms with Gasteiger partial charge in [-0.3, -0.25) is 15.0 Å². The van der Waals surface area contributed by atoms with Gasteiger partial charge in [0.25, 0.3) is 0 Å². The zero-order valence-corrected chi connectivity index (χ0v) is 18.3. The molecule has 1 N–H and O–H groups in total. The summed E-state index contributed by atoms with van der Waals surface area (Å²) in [5, 5.41) is 2.63. The number of rotatable bonds is 10. The van der Waals surface area contributed by atoms with E-state index in [4.69, 9.17) is 4.74 Å². The molecule has 0 aliphatic carbocycles. The average Bonchev–Trinajstić information content (AvgIpc) is 3.17. The molecule has 0 bridgehead atoms. The van der Waals surface area contributed by atoms with Crippen LogP contribution in [0.2, 0.25) is 0 Å². The number of aryl methyl sites for hydroxylation is 1. The highest BCUT2D eigenvalue weighted by atomic mass is 32.2. The number of aromatic nitrogens is 2. The summed E-state index contributed by atoms with van der Waals surface area (Å²) in [7, 11) is 0. The smallest absolute Gasteiger partial charge is 0.244 e. The normalized spacial score (nSPS) is 16.4. The van der Waals surface area contributed by atoms with Gasteiger partial charge in [0.15, 0.2) is 10.9 Å². The molecule has 8 heteroatoms. The molecule has 1 aliphatic heterocycles. The van der Waals surface area contributed by atoms with Crippen molar-refractivity contribution in [2.45, 2.75) is 38.3 Å². The van der Waals surface area contributed by atoms with E-state index in [1.807, 2.05) is 30.1 Å². The molecule has 30 heavy (non-hydrogen) atoms. The van der Waals surface area contributed by atoms with E-state index in [-0.39, 0.29) is 11.7 Å². The molecule has 7 nitrogen and oxygen atoms in total. The first kappa shape index (κ1) is 22.2. The number of ketones is 1. The molecule has 1 aromatic heterocycles. The summed E-state index contributed by atoms with van der Waals surface area (Å²) in [4.78, 5) is 31.9. The van der Waals surface area contributed by atoms with Crippen LogP contribution in [0.25, 0.3) is 0 Å². The van der Waals surface area contributed by atoms with Crippen LogP contribution in [-0.2, 0) is 4.79 Å². The summed E-state index contributed by atoms with van der Waals surface area (Å²) >= 11 is 1.35. The van der Waals surface area contributed by atoms with Crippen molar-refractivity contribution in [2.75, 3.05) is 25.4 Å². The van der Waals surface area contributed by atoms with Gasteiger partial charge < -0.3 is 4.74 Å². The minimum Gasteiger partial charge on any atom is -0.494 e. The lowest BCUT2D eigenvalue weighted by molar-refractivity contribution is -0.122. The second-order valence-corrected chi connectivity index (χ2v) is 8.42. The monoisotopic (exact) mass is 428 g/mol. The molecule has 0 unspecified atom stereocenters. The van der Waals surface area contributed by atoms with Crippen molar-refractivity contribution in [1.82, 2.24) is 20.4 Å². The van der Waals surface area contributed by atoms with Crippen LogP contribution in [0, 0.1) is 12.8 Å². The third-order valence-electron chi connectivity index (χ3n) is 4.96. The predicted octanol–water partition coefficient (Wildman–Crippen LogP) is 3.29. The van der Waals surface area contributed by atoms with Crippen LogP contribution in [0.3, 0.4) is 0 Å². The van der Waals surface area contributed by atoms with Gasteiger partial charge in [0, 0.05) is 30.5 Å². The Labute approximate surface area is 181 Å². The number of carbonyl (C=O) groups excluding carboxylic acids is 2. The standard InChI is InChI=1S/C22H28N4O3S/c1-16-9-11-23-22(24-16)30-15-21(28)25-26-12-10-18(14-26)4-3-13-29-20-7-5-19(6-8-20)17(2)27/h5-9,11,18H,3-4,10,12-15H2,1-2H3,(H,25,28)/t18-/m1/s1. The number of benzene rings is 1. The Morgan fingerprint density at radius 3 is 2.80 bits per heavy atom. The molecule has 2 aromatic rings. The van der Waals surface area contributed by atoms with Gasteiger partial charge in [0.05, 0.1) is 12.4 Å². The van der Waals surface area contributed by atoms with Crippen molar-refractivity contribution >= 4 is 23.5 Å². The summed E-state index contributed by atoms with van der Waals surface area (Å²) in [6, 6.07) is 9.09. The van der Waals surface area contributed by atoms with E-state index in [0.29, 0.717) is 29.0 Å². The van der Waals surface area contributed by atoms with E-state index in [2.05, 4.69) is 15.4 Å². The fourth-order valence-corrected chi connectivity index (χ4v) is 4.02. The lowest BCUT2D eigenvalue weighted by Crippen LogP contribution is -2.41. The molecule has 1 amide bonds. The zero-order valence-electron chi connectivity index (χ0n) is 17.5. The van der Waals surface area contributed by atoms with Crippen molar-refractivity contribution < 1.29 is 14.3 Å². The van der Waals surface area contributed by atoms with Crippen LogP contribution < -0.4 is 10.2 Å². The molecule has 1 aliphatic rings. The molecule has 0 spiro atoms. The highest BCUT2D eigenvalue weighted by molar-refractivity contribution is 7.99. The first-order valence-electron chi connectivity index (χ1n) is 10.2. The fourth-order valence-electron chi connectivity index (χ4n) is 3.35. The lowest BCUT2D eigenvalue weighted by atomic mass is 10.0. The third-order valence-corrected chi connectivity index (χ3v) is 5.82. The molecule has 1 saturated heterocycles. The fraction of sp³-hybridized carbons (Fsp3) is 0.455. The largest absolute Gasteiger partial charge is 0.494 e. The Balaban J connectivity index is 1.29. The summed E-state index contributed by atoms with van der Waals surface area (Å²) in [6.45, 7) is 5.85. The Morgan fingerprint density at radius 2 is 2.07 bits per heavy atom. The molecule has 3 rings (SSSR count). The Bertz CT molecular complexity index is 860. The summed E-state index contributed by atoms with van der Waals surface area (Å²) in [5.41, 5.74) is 4.57. The number of hydrazine groups is 1. The number of ether oxygens (including phenoxy) is 1. The van der Waals surface area contributed by atoms with Gasteiger partial charge in [-0.2, -0.15) is 0 Å². The van der Waals surface area contributed by atoms with Crippen LogP contribution in [-0.4, -0.2) is 52.1 Å². The first-order valence-corrected chi connectivity index (χ1v) is 11.2. The van der Waals surface area contributed by atoms with Gasteiger partial charge in [-0.15, -0.1) is 0 Å². The molecule has 1 atom stereocenters. The minimum atomic E-state index is -0.0249. The summed E-state index contributed by atoms with van der Waals surface area (Å²) < 4.78 is 5.77. The third kappa shape index (κ3) is 7.11. The van der Waals surface area contributed by atoms with E-state index in [1.54, 1.807) is 25.3 Å². The van der Waals surface area contributed by atoms with Crippen molar-refractivity contribution in [3.8, 4) is 5.75 Å². The van der Waals surface area contributed by atoms with Crippen LogP contribution in [0.1, 0.15) is 42.2 Å². The van der Waals surface area contributed by atoms with Crippen molar-refractivity contribution in [3.05, 3.63) is 47.8 Å². The van der Waals surface area contributed by atoms with Crippen LogP contribution in [0.5, 0.6) is 5.75 Å². The van der Waals surface area contributed by atoms with Gasteiger partial charge in [0.2, 0.25) is 5.91 Å². The first-order chi connectivity index (χ1) is 14.5. The highest BCUT2D eigenvalue weighted by Crippen LogP contribution is 2.21. The highest BCUT2D eigenvalue weighted by Gasteiger charge is 2.23. The topological polar surface area (TPSA) is 84.4 Å². The molecule has 0 saturated carbocycles. The van der Waals surface area contributed by atoms with Crippen molar-refractivity contribution in [3.63, 3.8) is 0 Å². The molecule has 2 heterocycles. The van der Waals surface area contributed by atoms with E-state index in [0.717, 1.165) is 43.8 Å².